The Morgan fingerprint density at radius 2 is 1.79 bits per heavy atom. The Balaban J connectivity index is 1.74. The van der Waals surface area contributed by atoms with Crippen molar-refractivity contribution in [3.8, 4) is 0 Å². The predicted octanol–water partition coefficient (Wildman–Crippen LogP) is 4.40. The molecule has 3 rings (SSSR count). The number of fused-ring (bicyclic) bond motifs is 1. The molecule has 2 aromatic carbocycles. The molecule has 5 heteroatoms. The molecular weight excluding hydrogens is 342 g/mol. The molecule has 1 unspecified atom stereocenters. The third-order valence-corrected chi connectivity index (χ3v) is 6.30. The highest BCUT2D eigenvalue weighted by Crippen LogP contribution is 2.25. The Kier molecular flexibility index (Phi) is 5.28. The van der Waals surface area contributed by atoms with E-state index in [1.807, 2.05) is 13.0 Å². The number of nitrogens with one attached hydrogen (secondary N) is 1. The molecule has 0 saturated carbocycles. The van der Waals surface area contributed by atoms with Gasteiger partial charge in [0.1, 0.15) is 0 Å². The first-order chi connectivity index (χ1) is 11.4. The van der Waals surface area contributed by atoms with E-state index in [4.69, 9.17) is 11.6 Å². The van der Waals surface area contributed by atoms with Crippen LogP contribution in [0, 0.1) is 0 Å². The Bertz CT molecular complexity index is 833. The number of hydrogen-bond donors (Lipinski definition) is 1. The molecule has 0 heterocycles. The van der Waals surface area contributed by atoms with E-state index in [-0.39, 0.29) is 11.8 Å². The van der Waals surface area contributed by atoms with E-state index in [2.05, 4.69) is 16.9 Å². The van der Waals surface area contributed by atoms with Gasteiger partial charge in [0.05, 0.1) is 5.75 Å². The molecule has 0 aliphatic heterocycles. The molecule has 1 atom stereocenters. The van der Waals surface area contributed by atoms with Crippen molar-refractivity contribution in [2.45, 2.75) is 44.4 Å². The fraction of sp³-hybridized carbons (Fsp3) is 0.368. The maximum absolute atomic E-state index is 12.5. The van der Waals surface area contributed by atoms with Crippen LogP contribution in [0.2, 0.25) is 5.02 Å². The van der Waals surface area contributed by atoms with E-state index in [1.165, 1.54) is 24.0 Å². The van der Waals surface area contributed by atoms with Crippen LogP contribution in [0.1, 0.15) is 48.1 Å². The lowest BCUT2D eigenvalue weighted by atomic mass is 9.89. The van der Waals surface area contributed by atoms with Gasteiger partial charge in [-0.05, 0) is 60.9 Å². The standard InChI is InChI=1S/C19H22ClNO2S/c1-14(16-11-10-15-6-2-3-7-17(15)12-16)21-24(22,23)13-18-8-4-5-9-19(18)20/h4-5,8-12,14,21H,2-3,6-7,13H2,1H3. The number of aryl methyl sites for hydroxylation is 2. The van der Waals surface area contributed by atoms with Gasteiger partial charge in [0.15, 0.2) is 0 Å². The molecule has 0 amide bonds. The highest BCUT2D eigenvalue weighted by molar-refractivity contribution is 7.88. The predicted molar refractivity (Wildman–Crippen MR) is 98.7 cm³/mol. The second kappa shape index (κ2) is 7.26. The largest absolute Gasteiger partial charge is 0.216 e. The van der Waals surface area contributed by atoms with Gasteiger partial charge in [-0.2, -0.15) is 0 Å². The smallest absolute Gasteiger partial charge is 0.212 e. The molecule has 0 aromatic heterocycles. The van der Waals surface area contributed by atoms with Crippen LogP contribution in [0.15, 0.2) is 42.5 Å². The van der Waals surface area contributed by atoms with Crippen LogP contribution in [0.25, 0.3) is 0 Å². The highest BCUT2D eigenvalue weighted by atomic mass is 35.5. The lowest BCUT2D eigenvalue weighted by Crippen LogP contribution is -2.28. The molecule has 0 bridgehead atoms. The summed E-state index contributed by atoms with van der Waals surface area (Å²) in [6.07, 6.45) is 4.67. The van der Waals surface area contributed by atoms with E-state index in [0.29, 0.717) is 10.6 Å². The van der Waals surface area contributed by atoms with E-state index in [9.17, 15) is 8.42 Å². The molecule has 0 radical (unpaired) electrons. The zero-order valence-electron chi connectivity index (χ0n) is 13.8. The van der Waals surface area contributed by atoms with Crippen molar-refractivity contribution in [3.05, 3.63) is 69.7 Å². The van der Waals surface area contributed by atoms with Crippen LogP contribution in [-0.4, -0.2) is 8.42 Å². The number of rotatable bonds is 5. The summed E-state index contributed by atoms with van der Waals surface area (Å²) >= 11 is 6.07. The Morgan fingerprint density at radius 3 is 2.54 bits per heavy atom. The van der Waals surface area contributed by atoms with Crippen molar-refractivity contribution >= 4 is 21.6 Å². The van der Waals surface area contributed by atoms with E-state index < -0.39 is 10.0 Å². The van der Waals surface area contributed by atoms with Crippen molar-refractivity contribution in [1.29, 1.82) is 0 Å². The first kappa shape index (κ1) is 17.5. The van der Waals surface area contributed by atoms with Crippen LogP contribution in [0.5, 0.6) is 0 Å². The summed E-state index contributed by atoms with van der Waals surface area (Å²) in [5.41, 5.74) is 4.38. The Labute approximate surface area is 149 Å². The Hall–Kier alpha value is -1.36. The van der Waals surface area contributed by atoms with Crippen molar-refractivity contribution in [2.24, 2.45) is 0 Å². The molecule has 0 spiro atoms. The van der Waals surface area contributed by atoms with Crippen molar-refractivity contribution in [1.82, 2.24) is 4.72 Å². The van der Waals surface area contributed by atoms with Gasteiger partial charge in [0.2, 0.25) is 10.0 Å². The van der Waals surface area contributed by atoms with Crippen molar-refractivity contribution in [3.63, 3.8) is 0 Å². The van der Waals surface area contributed by atoms with Crippen LogP contribution in [0.3, 0.4) is 0 Å². The molecule has 1 aliphatic carbocycles. The Morgan fingerprint density at radius 1 is 1.08 bits per heavy atom. The van der Waals surface area contributed by atoms with Gasteiger partial charge in [-0.15, -0.1) is 0 Å². The SMILES string of the molecule is CC(NS(=O)(=O)Cc1ccccc1Cl)c1ccc2c(c1)CCCC2. The minimum absolute atomic E-state index is 0.109. The summed E-state index contributed by atoms with van der Waals surface area (Å²) < 4.78 is 27.7. The zero-order chi connectivity index (χ0) is 17.2. The second-order valence-electron chi connectivity index (χ2n) is 6.43. The van der Waals surface area contributed by atoms with Gasteiger partial charge in [0, 0.05) is 11.1 Å². The lowest BCUT2D eigenvalue weighted by molar-refractivity contribution is 0.565. The van der Waals surface area contributed by atoms with E-state index in [0.717, 1.165) is 18.4 Å². The van der Waals surface area contributed by atoms with Gasteiger partial charge in [0.25, 0.3) is 0 Å². The quantitative estimate of drug-likeness (QED) is 0.855. The molecule has 128 valence electrons. The average molecular weight is 364 g/mol. The second-order valence-corrected chi connectivity index (χ2v) is 8.59. The minimum atomic E-state index is -3.46. The monoisotopic (exact) mass is 363 g/mol. The summed E-state index contributed by atoms with van der Waals surface area (Å²) in [4.78, 5) is 0. The average Bonchev–Trinajstić information content (AvgIpc) is 2.56. The van der Waals surface area contributed by atoms with Gasteiger partial charge in [-0.3, -0.25) is 0 Å². The minimum Gasteiger partial charge on any atom is -0.212 e. The summed E-state index contributed by atoms with van der Waals surface area (Å²) in [7, 11) is -3.46. The van der Waals surface area contributed by atoms with Gasteiger partial charge in [-0.1, -0.05) is 48.0 Å². The fourth-order valence-corrected chi connectivity index (χ4v) is 4.92. The normalized spacial score (nSPS) is 15.8. The summed E-state index contributed by atoms with van der Waals surface area (Å²) in [5, 5.41) is 0.476. The first-order valence-corrected chi connectivity index (χ1v) is 10.3. The molecule has 1 N–H and O–H groups in total. The van der Waals surface area contributed by atoms with Crippen LogP contribution < -0.4 is 4.72 Å². The summed E-state index contributed by atoms with van der Waals surface area (Å²) in [6.45, 7) is 1.88. The van der Waals surface area contributed by atoms with Gasteiger partial charge in [-0.25, -0.2) is 13.1 Å². The maximum atomic E-state index is 12.5. The van der Waals surface area contributed by atoms with Gasteiger partial charge >= 0.3 is 0 Å². The highest BCUT2D eigenvalue weighted by Gasteiger charge is 2.19. The third kappa shape index (κ3) is 4.18. The zero-order valence-corrected chi connectivity index (χ0v) is 15.3. The number of hydrogen-bond acceptors (Lipinski definition) is 2. The molecule has 2 aromatic rings. The van der Waals surface area contributed by atoms with E-state index >= 15 is 0 Å². The van der Waals surface area contributed by atoms with Crippen LogP contribution in [-0.2, 0) is 28.6 Å². The molecule has 3 nitrogen and oxygen atoms in total. The van der Waals surface area contributed by atoms with Crippen molar-refractivity contribution in [2.75, 3.05) is 0 Å². The van der Waals surface area contributed by atoms with Crippen LogP contribution >= 0.6 is 11.6 Å². The fourth-order valence-electron chi connectivity index (χ4n) is 3.22. The number of benzene rings is 2. The number of halogens is 1. The van der Waals surface area contributed by atoms with E-state index in [1.54, 1.807) is 24.3 Å². The lowest BCUT2D eigenvalue weighted by Gasteiger charge is -2.20. The molecular formula is C19H22ClNO2S. The van der Waals surface area contributed by atoms with Gasteiger partial charge < -0.3 is 0 Å². The first-order valence-electron chi connectivity index (χ1n) is 8.30. The summed E-state index contributed by atoms with van der Waals surface area (Å²) in [6, 6.07) is 13.1. The third-order valence-electron chi connectivity index (χ3n) is 4.53. The maximum Gasteiger partial charge on any atom is 0.216 e. The summed E-state index contributed by atoms with van der Waals surface area (Å²) in [5.74, 6) is -0.109. The topological polar surface area (TPSA) is 46.2 Å². The molecule has 0 fully saturated rings. The van der Waals surface area contributed by atoms with Crippen LogP contribution in [0.4, 0.5) is 0 Å². The molecule has 0 saturated heterocycles. The number of sulfonamides is 1. The molecule has 1 aliphatic rings. The molecule has 24 heavy (non-hydrogen) atoms. The van der Waals surface area contributed by atoms with Crippen molar-refractivity contribution < 1.29 is 8.42 Å².